The molecule has 2 aliphatic heterocycles. The van der Waals surface area contributed by atoms with E-state index in [2.05, 4.69) is 46.7 Å². The van der Waals surface area contributed by atoms with E-state index in [9.17, 15) is 0 Å². The van der Waals surface area contributed by atoms with E-state index in [1.807, 2.05) is 33.8 Å². The molecule has 0 amide bonds. The molecule has 2 aromatic carbocycles. The lowest BCUT2D eigenvalue weighted by Crippen LogP contribution is -2.39. The first kappa shape index (κ1) is 25.5. The van der Waals surface area contributed by atoms with Crippen molar-refractivity contribution >= 4 is 23.4 Å². The van der Waals surface area contributed by atoms with Crippen LogP contribution in [0.1, 0.15) is 56.0 Å². The molecule has 0 saturated carbocycles. The lowest BCUT2D eigenvalue weighted by atomic mass is 9.84. The molecule has 0 aliphatic carbocycles. The molecule has 6 heteroatoms. The average molecular weight is 486 g/mol. The third kappa shape index (κ3) is 5.68. The lowest BCUT2D eigenvalue weighted by molar-refractivity contribution is 0.160. The molecule has 0 bridgehead atoms. The van der Waals surface area contributed by atoms with Gasteiger partial charge in [0.05, 0.1) is 14.2 Å². The minimum Gasteiger partial charge on any atom is -0.497 e. The van der Waals surface area contributed by atoms with Gasteiger partial charge in [0.25, 0.3) is 0 Å². The van der Waals surface area contributed by atoms with Crippen LogP contribution in [0.5, 0.6) is 17.2 Å². The molecule has 2 aliphatic rings. The van der Waals surface area contributed by atoms with Gasteiger partial charge in [-0.25, -0.2) is 0 Å². The normalized spacial score (nSPS) is 16.0. The number of thiophene rings is 1. The van der Waals surface area contributed by atoms with E-state index < -0.39 is 0 Å². The zero-order valence-electron chi connectivity index (χ0n) is 20.5. The second-order valence-corrected chi connectivity index (χ2v) is 9.35. The third-order valence-electron chi connectivity index (χ3n) is 5.80. The minimum atomic E-state index is 0.406. The van der Waals surface area contributed by atoms with Crippen LogP contribution >= 0.6 is 23.4 Å². The molecule has 0 fully saturated rings. The zero-order valence-corrected chi connectivity index (χ0v) is 22.1. The van der Waals surface area contributed by atoms with Crippen LogP contribution in [0.2, 0.25) is 0 Å². The smallest absolute Gasteiger partial charge is 0.180 e. The number of ether oxygens (including phenoxy) is 2. The molecule has 178 valence electrons. The second-order valence-electron chi connectivity index (χ2n) is 7.38. The van der Waals surface area contributed by atoms with Gasteiger partial charge in [-0.1, -0.05) is 39.8 Å². The van der Waals surface area contributed by atoms with Crippen molar-refractivity contribution in [3.63, 3.8) is 0 Å². The first-order chi connectivity index (χ1) is 16.2. The number of benzene rings is 2. The molecule has 0 saturated heterocycles. The predicted molar refractivity (Wildman–Crippen MR) is 140 cm³/mol. The van der Waals surface area contributed by atoms with Gasteiger partial charge in [0.15, 0.2) is 11.5 Å². The summed E-state index contributed by atoms with van der Waals surface area (Å²) in [6.45, 7) is 10.0. The van der Waals surface area contributed by atoms with Gasteiger partial charge in [0.2, 0.25) is 0 Å². The minimum absolute atomic E-state index is 0.406. The number of rotatable bonds is 5. The average Bonchev–Trinajstić information content (AvgIpc) is 3.41. The van der Waals surface area contributed by atoms with Gasteiger partial charge in [-0.15, -0.1) is 11.3 Å². The van der Waals surface area contributed by atoms with E-state index in [1.54, 1.807) is 25.6 Å². The Morgan fingerprint density at radius 2 is 1.70 bits per heavy atom. The van der Waals surface area contributed by atoms with Gasteiger partial charge in [-0.2, -0.15) is 0 Å². The molecule has 33 heavy (non-hydrogen) atoms. The van der Waals surface area contributed by atoms with Crippen molar-refractivity contribution in [1.82, 2.24) is 4.90 Å². The highest BCUT2D eigenvalue weighted by atomic mass is 32.2. The Kier molecular flexibility index (Phi) is 9.53. The molecular formula is C27H35NO3S2. The van der Waals surface area contributed by atoms with Crippen molar-refractivity contribution in [1.29, 1.82) is 0 Å². The standard InChI is InChI=1S/C23H23NO3S2.2C2H6/c1-25-18-5-6-19-15(10-18)7-8-24-14-17-13-21(26-2)22(12-16(17)11-20(19)24)27-29-23-4-3-9-28-23;2*1-2/h3-6,9-10,12-13,20H,7-8,11,14H2,1-2H3;2*1-2H3. The molecule has 1 aromatic heterocycles. The largest absolute Gasteiger partial charge is 0.497 e. The van der Waals surface area contributed by atoms with E-state index in [0.717, 1.165) is 47.4 Å². The second kappa shape index (κ2) is 12.4. The Balaban J connectivity index is 0.000000728. The quantitative estimate of drug-likeness (QED) is 0.348. The van der Waals surface area contributed by atoms with Gasteiger partial charge >= 0.3 is 0 Å². The molecule has 5 rings (SSSR count). The molecule has 0 N–H and O–H groups in total. The van der Waals surface area contributed by atoms with Crippen molar-refractivity contribution in [2.24, 2.45) is 0 Å². The molecule has 3 heterocycles. The first-order valence-electron chi connectivity index (χ1n) is 11.7. The van der Waals surface area contributed by atoms with Gasteiger partial charge in [-0.3, -0.25) is 4.90 Å². The molecule has 1 unspecified atom stereocenters. The molecule has 0 spiro atoms. The highest BCUT2D eigenvalue weighted by molar-refractivity contribution is 7.97. The van der Waals surface area contributed by atoms with Crippen LogP contribution in [-0.2, 0) is 19.4 Å². The zero-order chi connectivity index (χ0) is 23.8. The van der Waals surface area contributed by atoms with Crippen LogP contribution in [0.4, 0.5) is 0 Å². The third-order valence-corrected chi connectivity index (χ3v) is 7.52. The maximum atomic E-state index is 6.05. The molecule has 4 nitrogen and oxygen atoms in total. The Labute approximate surface area is 207 Å². The maximum absolute atomic E-state index is 6.05. The van der Waals surface area contributed by atoms with E-state index >= 15 is 0 Å². The highest BCUT2D eigenvalue weighted by Gasteiger charge is 2.33. The van der Waals surface area contributed by atoms with E-state index in [0.29, 0.717) is 6.04 Å². The van der Waals surface area contributed by atoms with Crippen molar-refractivity contribution in [2.75, 3.05) is 20.8 Å². The number of hydrogen-bond donors (Lipinski definition) is 0. The van der Waals surface area contributed by atoms with Crippen LogP contribution in [0.3, 0.4) is 0 Å². The van der Waals surface area contributed by atoms with Crippen molar-refractivity contribution in [2.45, 2.75) is 57.3 Å². The van der Waals surface area contributed by atoms with Crippen LogP contribution < -0.4 is 13.7 Å². The first-order valence-corrected chi connectivity index (χ1v) is 13.4. The summed E-state index contributed by atoms with van der Waals surface area (Å²) in [7, 11) is 3.44. The predicted octanol–water partition coefficient (Wildman–Crippen LogP) is 7.56. The summed E-state index contributed by atoms with van der Waals surface area (Å²) >= 11 is 3.06. The Morgan fingerprint density at radius 1 is 0.909 bits per heavy atom. The van der Waals surface area contributed by atoms with E-state index in [4.69, 9.17) is 13.7 Å². The molecular weight excluding hydrogens is 450 g/mol. The van der Waals surface area contributed by atoms with Crippen LogP contribution in [-0.4, -0.2) is 25.7 Å². The Bertz CT molecular complexity index is 1020. The van der Waals surface area contributed by atoms with Gasteiger partial charge < -0.3 is 13.7 Å². The van der Waals surface area contributed by atoms with Crippen molar-refractivity contribution in [3.05, 3.63) is 70.1 Å². The maximum Gasteiger partial charge on any atom is 0.180 e. The summed E-state index contributed by atoms with van der Waals surface area (Å²) in [6.07, 6.45) is 2.05. The topological polar surface area (TPSA) is 30.9 Å². The Morgan fingerprint density at radius 3 is 2.39 bits per heavy atom. The van der Waals surface area contributed by atoms with Crippen molar-refractivity contribution < 1.29 is 13.7 Å². The number of fused-ring (bicyclic) bond motifs is 4. The summed E-state index contributed by atoms with van der Waals surface area (Å²) < 4.78 is 18.2. The molecule has 3 aromatic rings. The van der Waals surface area contributed by atoms with Crippen LogP contribution in [0.15, 0.2) is 52.1 Å². The number of hydrogen-bond acceptors (Lipinski definition) is 6. The van der Waals surface area contributed by atoms with Crippen LogP contribution in [0, 0.1) is 0 Å². The summed E-state index contributed by atoms with van der Waals surface area (Å²) in [5.74, 6) is 2.54. The Hall–Kier alpha value is -2.15. The SMILES string of the molecule is CC.CC.COc1ccc2c(c1)CCN1Cc3cc(OC)c(OSc4cccs4)cc3CC21. The van der Waals surface area contributed by atoms with Crippen LogP contribution in [0.25, 0.3) is 0 Å². The number of nitrogens with zero attached hydrogens (tertiary/aromatic N) is 1. The van der Waals surface area contributed by atoms with Gasteiger partial charge in [-0.05, 0) is 70.8 Å². The van der Waals surface area contributed by atoms with E-state index in [-0.39, 0.29) is 0 Å². The van der Waals surface area contributed by atoms with E-state index in [1.165, 1.54) is 34.3 Å². The fraction of sp³-hybridized carbons (Fsp3) is 0.407. The fourth-order valence-electron chi connectivity index (χ4n) is 4.33. The molecule has 0 radical (unpaired) electrons. The summed E-state index contributed by atoms with van der Waals surface area (Å²) in [5.41, 5.74) is 5.52. The molecule has 1 atom stereocenters. The van der Waals surface area contributed by atoms with Crippen molar-refractivity contribution in [3.8, 4) is 17.2 Å². The summed E-state index contributed by atoms with van der Waals surface area (Å²) in [4.78, 5) is 2.58. The van der Waals surface area contributed by atoms with Gasteiger partial charge in [0.1, 0.15) is 22.0 Å². The van der Waals surface area contributed by atoms with Gasteiger partial charge in [0, 0.05) is 19.1 Å². The monoisotopic (exact) mass is 485 g/mol. The lowest BCUT2D eigenvalue weighted by Gasteiger charge is -2.41. The summed E-state index contributed by atoms with van der Waals surface area (Å²) in [6, 6.07) is 15.3. The highest BCUT2D eigenvalue weighted by Crippen LogP contribution is 2.43. The fourth-order valence-corrected chi connectivity index (χ4v) is 5.64. The number of methoxy groups -OCH3 is 2. The summed E-state index contributed by atoms with van der Waals surface area (Å²) in [5, 5.41) is 2.06.